The van der Waals surface area contributed by atoms with E-state index < -0.39 is 0 Å². The molecule has 9 heteroatoms. The van der Waals surface area contributed by atoms with Crippen molar-refractivity contribution in [3.05, 3.63) is 150 Å². The van der Waals surface area contributed by atoms with Crippen LogP contribution in [0.25, 0.3) is 0 Å². The van der Waals surface area contributed by atoms with Gasteiger partial charge in [0.2, 0.25) is 0 Å². The minimum Gasteiger partial charge on any atom is -0.224 e. The highest BCUT2D eigenvalue weighted by Crippen LogP contribution is 2.36. The smallest absolute Gasteiger partial charge is 0.224 e. The molecule has 0 aliphatic carbocycles. The van der Waals surface area contributed by atoms with Gasteiger partial charge in [0.1, 0.15) is 6.33 Å². The molecule has 5 aromatic rings. The fourth-order valence-corrected chi connectivity index (χ4v) is 7.47. The molecule has 0 fully saturated rings. The third-order valence-electron chi connectivity index (χ3n) is 5.64. The first kappa shape index (κ1) is 28.4. The van der Waals surface area contributed by atoms with Crippen LogP contribution in [0.2, 0.25) is 0 Å². The molecule has 0 atom stereocenters. The fraction of sp³-hybridized carbons (Fsp3) is 0.129. The average Bonchev–Trinajstić information content (AvgIpc) is 3.03. The molecule has 1 aromatic heterocycles. The molecule has 5 rings (SSSR count). The van der Waals surface area contributed by atoms with Crippen molar-refractivity contribution in [2.24, 2.45) is 0 Å². The number of benzene rings is 4. The Morgan fingerprint density at radius 3 is 0.950 bits per heavy atom. The first-order chi connectivity index (χ1) is 19.8. The molecule has 0 saturated carbocycles. The summed E-state index contributed by atoms with van der Waals surface area (Å²) in [6.07, 6.45) is 1.62. The number of anilines is 2. The lowest BCUT2D eigenvalue weighted by molar-refractivity contribution is 1.05. The van der Waals surface area contributed by atoms with E-state index in [1.54, 1.807) is 54.1 Å². The van der Waals surface area contributed by atoms with Crippen LogP contribution in [0.1, 0.15) is 22.3 Å². The highest BCUT2D eigenvalue weighted by Gasteiger charge is 2.18. The summed E-state index contributed by atoms with van der Waals surface area (Å²) in [4.78, 5) is 14.2. The summed E-state index contributed by atoms with van der Waals surface area (Å²) >= 11 is 6.80. The zero-order valence-corrected chi connectivity index (χ0v) is 25.1. The summed E-state index contributed by atoms with van der Waals surface area (Å²) in [5.74, 6) is 4.55. The zero-order valence-electron chi connectivity index (χ0n) is 21.8. The Labute approximate surface area is 253 Å². The molecule has 0 aliphatic rings. The summed E-state index contributed by atoms with van der Waals surface area (Å²) in [6, 6.07) is 41.9. The van der Waals surface area contributed by atoms with Gasteiger partial charge in [-0.2, -0.15) is 15.0 Å². The third-order valence-corrected chi connectivity index (χ3v) is 10.3. The summed E-state index contributed by atoms with van der Waals surface area (Å²) in [5.41, 5.74) is 5.02. The summed E-state index contributed by atoms with van der Waals surface area (Å²) in [7, 11) is 0. The summed E-state index contributed by atoms with van der Waals surface area (Å²) in [5, 5.41) is 0. The highest BCUT2D eigenvalue weighted by atomic mass is 32.2. The lowest BCUT2D eigenvalue weighted by Crippen LogP contribution is -2.14. The topological polar surface area (TPSA) is 45.2 Å². The molecule has 40 heavy (non-hydrogen) atoms. The Hall–Kier alpha value is -3.11. The van der Waals surface area contributed by atoms with Crippen LogP contribution in [0.5, 0.6) is 0 Å². The largest absolute Gasteiger partial charge is 0.251 e. The SMILES string of the molecule is c1ccc(CSN(SCc2ccccc2)c2ncnc(N(SCc3ccccc3)SCc3ccccc3)n2)cc1. The van der Waals surface area contributed by atoms with Gasteiger partial charge in [-0.25, -0.2) is 7.42 Å². The average molecular weight is 600 g/mol. The van der Waals surface area contributed by atoms with Crippen molar-refractivity contribution in [2.45, 2.75) is 23.0 Å². The quantitative estimate of drug-likeness (QED) is 0.116. The lowest BCUT2D eigenvalue weighted by atomic mass is 10.2. The molecule has 0 bridgehead atoms. The van der Waals surface area contributed by atoms with Gasteiger partial charge < -0.3 is 0 Å². The Morgan fingerprint density at radius 2 is 0.675 bits per heavy atom. The van der Waals surface area contributed by atoms with E-state index in [2.05, 4.69) is 114 Å². The molecule has 0 amide bonds. The number of aromatic nitrogens is 3. The van der Waals surface area contributed by atoms with Crippen molar-refractivity contribution < 1.29 is 0 Å². The summed E-state index contributed by atoms with van der Waals surface area (Å²) in [6.45, 7) is 0. The Bertz CT molecular complexity index is 1220. The molecule has 0 saturated heterocycles. The maximum Gasteiger partial charge on any atom is 0.251 e. The standard InChI is InChI=1S/C31H29N5S4/c1-5-13-26(14-6-1)21-37-35(38-22-27-15-7-2-8-16-27)30-32-25-33-31(34-30)36(39-23-28-17-9-3-10-18-28)40-24-29-19-11-4-12-20-29/h1-20,25H,21-24H2. The van der Waals surface area contributed by atoms with Crippen LogP contribution in [0, 0.1) is 0 Å². The van der Waals surface area contributed by atoms with Crippen LogP contribution in [-0.4, -0.2) is 15.0 Å². The van der Waals surface area contributed by atoms with Gasteiger partial charge in [-0.3, -0.25) is 0 Å². The van der Waals surface area contributed by atoms with Gasteiger partial charge in [-0.05, 0) is 70.0 Å². The van der Waals surface area contributed by atoms with Crippen molar-refractivity contribution in [3.63, 3.8) is 0 Å². The van der Waals surface area contributed by atoms with Gasteiger partial charge in [0.25, 0.3) is 11.9 Å². The Kier molecular flexibility index (Phi) is 11.1. The second-order valence-corrected chi connectivity index (χ2v) is 12.7. The van der Waals surface area contributed by atoms with Gasteiger partial charge in [0.15, 0.2) is 0 Å². The summed E-state index contributed by atoms with van der Waals surface area (Å²) < 4.78 is 4.24. The molecule has 5 nitrogen and oxygen atoms in total. The van der Waals surface area contributed by atoms with Gasteiger partial charge in [-0.15, -0.1) is 0 Å². The van der Waals surface area contributed by atoms with E-state index >= 15 is 0 Å². The van der Waals surface area contributed by atoms with E-state index in [9.17, 15) is 0 Å². The Morgan fingerprint density at radius 1 is 0.400 bits per heavy atom. The fourth-order valence-electron chi connectivity index (χ4n) is 3.59. The lowest BCUT2D eigenvalue weighted by Gasteiger charge is -2.23. The van der Waals surface area contributed by atoms with E-state index in [0.717, 1.165) is 23.0 Å². The number of nitrogens with zero attached hydrogens (tertiary/aromatic N) is 5. The molecule has 4 aromatic carbocycles. The van der Waals surface area contributed by atoms with Gasteiger partial charge in [0, 0.05) is 23.0 Å². The van der Waals surface area contributed by atoms with Crippen molar-refractivity contribution in [1.29, 1.82) is 0 Å². The van der Waals surface area contributed by atoms with Crippen LogP contribution in [-0.2, 0) is 23.0 Å². The number of hydrogen-bond acceptors (Lipinski definition) is 9. The predicted octanol–water partition coefficient (Wildman–Crippen LogP) is 8.88. The second-order valence-electron chi connectivity index (χ2n) is 8.64. The molecular weight excluding hydrogens is 571 g/mol. The van der Waals surface area contributed by atoms with Crippen LogP contribution >= 0.6 is 47.8 Å². The maximum absolute atomic E-state index is 4.97. The molecule has 202 valence electrons. The van der Waals surface area contributed by atoms with Crippen LogP contribution in [0.3, 0.4) is 0 Å². The van der Waals surface area contributed by atoms with Crippen LogP contribution in [0.15, 0.2) is 128 Å². The van der Waals surface area contributed by atoms with E-state index in [-0.39, 0.29) is 0 Å². The van der Waals surface area contributed by atoms with Gasteiger partial charge >= 0.3 is 0 Å². The van der Waals surface area contributed by atoms with Crippen molar-refractivity contribution in [3.8, 4) is 0 Å². The molecule has 0 aliphatic heterocycles. The van der Waals surface area contributed by atoms with Crippen LogP contribution < -0.4 is 7.42 Å². The first-order valence-electron chi connectivity index (χ1n) is 12.8. The van der Waals surface area contributed by atoms with Crippen molar-refractivity contribution in [1.82, 2.24) is 15.0 Å². The van der Waals surface area contributed by atoms with E-state index in [0.29, 0.717) is 11.9 Å². The van der Waals surface area contributed by atoms with Gasteiger partial charge in [-0.1, -0.05) is 121 Å². The number of hydrogen-bond donors (Lipinski definition) is 0. The van der Waals surface area contributed by atoms with E-state index in [1.165, 1.54) is 22.3 Å². The third kappa shape index (κ3) is 8.96. The molecular formula is C31H29N5S4. The van der Waals surface area contributed by atoms with E-state index in [1.807, 2.05) is 24.3 Å². The predicted molar refractivity (Wildman–Crippen MR) is 176 cm³/mol. The minimum atomic E-state index is 0.637. The van der Waals surface area contributed by atoms with Crippen molar-refractivity contribution in [2.75, 3.05) is 7.42 Å². The monoisotopic (exact) mass is 599 g/mol. The van der Waals surface area contributed by atoms with Crippen molar-refractivity contribution >= 4 is 59.7 Å². The highest BCUT2D eigenvalue weighted by molar-refractivity contribution is 8.17. The molecule has 0 radical (unpaired) electrons. The normalized spacial score (nSPS) is 10.8. The molecule has 0 N–H and O–H groups in total. The first-order valence-corrected chi connectivity index (χ1v) is 16.6. The van der Waals surface area contributed by atoms with Gasteiger partial charge in [0.05, 0.1) is 0 Å². The van der Waals surface area contributed by atoms with Crippen LogP contribution in [0.4, 0.5) is 11.9 Å². The molecule has 0 spiro atoms. The van der Waals surface area contributed by atoms with E-state index in [4.69, 9.17) is 4.98 Å². The molecule has 0 unspecified atom stereocenters. The zero-order chi connectivity index (χ0) is 27.2. The maximum atomic E-state index is 4.97. The molecule has 1 heterocycles. The Balaban J connectivity index is 1.36. The number of rotatable bonds is 14. The second kappa shape index (κ2) is 15.6. The minimum absolute atomic E-state index is 0.637.